The Kier molecular flexibility index (Phi) is 4.36. The number of hydrogen-bond acceptors (Lipinski definition) is 5. The Labute approximate surface area is 103 Å². The molecule has 1 heterocycles. The summed E-state index contributed by atoms with van der Waals surface area (Å²) in [4.78, 5) is 0. The molecule has 1 aliphatic heterocycles. The quantitative estimate of drug-likeness (QED) is 0.637. The molecule has 1 rings (SSSR count). The molecule has 0 aromatic heterocycles. The van der Waals surface area contributed by atoms with Gasteiger partial charge in [-0.05, 0) is 50.7 Å². The SMILES string of the molecule is CN(C)[P@]1(F)=N[P@](F)(N(C)C)=NP(Cl)(Cl)=N1. The van der Waals surface area contributed by atoms with E-state index >= 15 is 0 Å². The van der Waals surface area contributed by atoms with Gasteiger partial charge in [-0.15, -0.1) is 0 Å². The topological polar surface area (TPSA) is 43.6 Å². The van der Waals surface area contributed by atoms with E-state index in [-0.39, 0.29) is 0 Å². The van der Waals surface area contributed by atoms with Gasteiger partial charge in [-0.25, -0.2) is 9.34 Å². The van der Waals surface area contributed by atoms with E-state index in [0.29, 0.717) is 0 Å². The average molecular weight is 332 g/mol. The largest absolute Gasteiger partial charge is 0.322 e. The van der Waals surface area contributed by atoms with Crippen LogP contribution in [-0.4, -0.2) is 37.5 Å². The van der Waals surface area contributed by atoms with Crippen molar-refractivity contribution >= 4 is 43.7 Å². The van der Waals surface area contributed by atoms with Gasteiger partial charge in [0.2, 0.25) is 0 Å². The predicted octanol–water partition coefficient (Wildman–Crippen LogP) is 5.38. The third-order valence-electron chi connectivity index (χ3n) is 1.69. The molecule has 16 heavy (non-hydrogen) atoms. The number of nitrogens with zero attached hydrogens (tertiary/aromatic N) is 5. The first-order valence-corrected chi connectivity index (χ1v) is 10.6. The maximum absolute atomic E-state index is 14.3. The van der Waals surface area contributed by atoms with Crippen molar-refractivity contribution in [2.75, 3.05) is 28.2 Å². The minimum Gasteiger partial charge on any atom is -0.232 e. The molecular weight excluding hydrogens is 320 g/mol. The van der Waals surface area contributed by atoms with E-state index in [1.165, 1.54) is 28.2 Å². The Morgan fingerprint density at radius 3 is 1.56 bits per heavy atom. The zero-order valence-corrected chi connectivity index (χ0v) is 13.3. The van der Waals surface area contributed by atoms with Gasteiger partial charge in [0.25, 0.3) is 5.91 Å². The number of rotatable bonds is 2. The van der Waals surface area contributed by atoms with E-state index in [9.17, 15) is 8.39 Å². The van der Waals surface area contributed by atoms with Crippen LogP contribution in [0.15, 0.2) is 13.5 Å². The molecule has 0 aromatic rings. The van der Waals surface area contributed by atoms with Crippen LogP contribution < -0.4 is 0 Å². The van der Waals surface area contributed by atoms with Crippen molar-refractivity contribution in [1.29, 1.82) is 0 Å². The standard InChI is InChI=1S/C4H12Cl2F2N5P3/c1-12(2)15(7)9-14(5,6)10-16(8,11-15)13(3)4/h1-4H3/t15-,16+. The maximum atomic E-state index is 14.3. The van der Waals surface area contributed by atoms with Crippen molar-refractivity contribution in [1.82, 2.24) is 9.34 Å². The molecule has 96 valence electrons. The smallest absolute Gasteiger partial charge is 0.232 e. The molecule has 0 spiro atoms. The van der Waals surface area contributed by atoms with Gasteiger partial charge in [-0.1, -0.05) is 0 Å². The van der Waals surface area contributed by atoms with Crippen LogP contribution in [0.5, 0.6) is 0 Å². The van der Waals surface area contributed by atoms with Crippen molar-refractivity contribution in [3.8, 4) is 0 Å². The Morgan fingerprint density at radius 1 is 0.812 bits per heavy atom. The first-order valence-electron chi connectivity index (χ1n) is 4.06. The van der Waals surface area contributed by atoms with Crippen LogP contribution in [0.4, 0.5) is 8.39 Å². The second kappa shape index (κ2) is 4.62. The highest BCUT2D eigenvalue weighted by molar-refractivity contribution is 8.13. The zero-order valence-electron chi connectivity index (χ0n) is 9.09. The molecule has 0 amide bonds. The van der Waals surface area contributed by atoms with Gasteiger partial charge in [0.15, 0.2) is 0 Å². The van der Waals surface area contributed by atoms with E-state index in [2.05, 4.69) is 13.5 Å². The fourth-order valence-electron chi connectivity index (χ4n) is 0.792. The molecule has 0 aromatic carbocycles. The van der Waals surface area contributed by atoms with Crippen molar-refractivity contribution in [3.05, 3.63) is 0 Å². The lowest BCUT2D eigenvalue weighted by molar-refractivity contribution is 0.594. The van der Waals surface area contributed by atoms with E-state index in [1.54, 1.807) is 0 Å². The van der Waals surface area contributed by atoms with Crippen molar-refractivity contribution in [3.63, 3.8) is 0 Å². The summed E-state index contributed by atoms with van der Waals surface area (Å²) in [7, 11) is -1.98. The van der Waals surface area contributed by atoms with E-state index in [4.69, 9.17) is 22.5 Å². The Bertz CT molecular complexity index is 441. The molecule has 0 saturated carbocycles. The maximum Gasteiger partial charge on any atom is 0.322 e. The summed E-state index contributed by atoms with van der Waals surface area (Å²) in [6, 6.07) is 0. The van der Waals surface area contributed by atoms with Gasteiger partial charge >= 0.3 is 15.3 Å². The molecule has 0 saturated heterocycles. The van der Waals surface area contributed by atoms with Crippen LogP contribution in [0.1, 0.15) is 0 Å². The highest BCUT2D eigenvalue weighted by Gasteiger charge is 2.38. The summed E-state index contributed by atoms with van der Waals surface area (Å²) >= 11 is 11.5. The van der Waals surface area contributed by atoms with Gasteiger partial charge in [0.05, 0.1) is 0 Å². The van der Waals surface area contributed by atoms with Crippen LogP contribution in [0.25, 0.3) is 0 Å². The van der Waals surface area contributed by atoms with Gasteiger partial charge in [0.1, 0.15) is 0 Å². The van der Waals surface area contributed by atoms with Crippen molar-refractivity contribution in [2.45, 2.75) is 0 Å². The van der Waals surface area contributed by atoms with Crippen LogP contribution in [0, 0.1) is 0 Å². The summed E-state index contributed by atoms with van der Waals surface area (Å²) in [5.74, 6) is -3.32. The third-order valence-corrected chi connectivity index (χ3v) is 11.5. The summed E-state index contributed by atoms with van der Waals surface area (Å²) in [6.07, 6.45) is 0. The molecule has 0 fully saturated rings. The molecule has 0 bridgehead atoms. The molecule has 12 heteroatoms. The highest BCUT2D eigenvalue weighted by Crippen LogP contribution is 2.83. The molecular formula is C4H12Cl2F2N5P3. The highest BCUT2D eigenvalue weighted by atomic mass is 35.9. The molecule has 5 nitrogen and oxygen atoms in total. The van der Waals surface area contributed by atoms with Gasteiger partial charge in [-0.2, -0.15) is 21.9 Å². The second-order valence-corrected chi connectivity index (χ2v) is 13.4. The minimum atomic E-state index is -3.82. The van der Waals surface area contributed by atoms with Gasteiger partial charge < -0.3 is 0 Å². The Hall–Kier alpha value is 1.05. The lowest BCUT2D eigenvalue weighted by Crippen LogP contribution is -2.08. The van der Waals surface area contributed by atoms with Gasteiger partial charge in [-0.3, -0.25) is 0 Å². The lowest BCUT2D eigenvalue weighted by atomic mass is 11.3. The van der Waals surface area contributed by atoms with E-state index in [1.807, 2.05) is 0 Å². The second-order valence-electron chi connectivity index (χ2n) is 3.41. The molecule has 0 radical (unpaired) electrons. The molecule has 0 aliphatic carbocycles. The Morgan fingerprint density at radius 2 is 1.19 bits per heavy atom. The molecule has 0 N–H and O–H groups in total. The predicted molar refractivity (Wildman–Crippen MR) is 69.3 cm³/mol. The van der Waals surface area contributed by atoms with Crippen LogP contribution >= 0.6 is 43.7 Å². The molecule has 2 atom stereocenters. The fourth-order valence-corrected chi connectivity index (χ4v) is 11.2. The number of hydrogen-bond donors (Lipinski definition) is 0. The van der Waals surface area contributed by atoms with Crippen LogP contribution in [-0.2, 0) is 0 Å². The van der Waals surface area contributed by atoms with Crippen LogP contribution in [0.2, 0.25) is 0 Å². The van der Waals surface area contributed by atoms with Crippen molar-refractivity contribution in [2.24, 2.45) is 13.5 Å². The number of halogens is 4. The molecule has 1 aliphatic rings. The summed E-state index contributed by atoms with van der Waals surface area (Å²) in [5, 5.41) is 0. The van der Waals surface area contributed by atoms with Crippen LogP contribution in [0.3, 0.4) is 0 Å². The summed E-state index contributed by atoms with van der Waals surface area (Å²) < 4.78 is 41.5. The third kappa shape index (κ3) is 3.08. The lowest BCUT2D eigenvalue weighted by Gasteiger charge is -2.28. The Balaban J connectivity index is 3.56. The minimum absolute atomic E-state index is 1.11. The zero-order chi connectivity index (χ0) is 12.8. The van der Waals surface area contributed by atoms with E-state index < -0.39 is 21.2 Å². The fraction of sp³-hybridized carbons (Fsp3) is 1.00. The average Bonchev–Trinajstić information content (AvgIpc) is 1.98. The van der Waals surface area contributed by atoms with E-state index in [0.717, 1.165) is 9.34 Å². The monoisotopic (exact) mass is 331 g/mol. The van der Waals surface area contributed by atoms with Crippen molar-refractivity contribution < 1.29 is 8.39 Å². The molecule has 0 unspecified atom stereocenters. The summed E-state index contributed by atoms with van der Waals surface area (Å²) in [6.45, 7) is 0. The summed E-state index contributed by atoms with van der Waals surface area (Å²) in [5.41, 5.74) is 0. The van der Waals surface area contributed by atoms with Gasteiger partial charge in [0, 0.05) is 0 Å². The first kappa shape index (κ1) is 15.1. The first-order chi connectivity index (χ1) is 7.01. The normalized spacial score (nSPS) is 37.9.